The van der Waals surface area contributed by atoms with Crippen LogP contribution in [0.25, 0.3) is 0 Å². The molecule has 3 nitrogen and oxygen atoms in total. The highest BCUT2D eigenvalue weighted by Gasteiger charge is 2.34. The Labute approximate surface area is 109 Å². The Kier molecular flexibility index (Phi) is 3.28. The van der Waals surface area contributed by atoms with Gasteiger partial charge in [-0.05, 0) is 57.2 Å². The first kappa shape index (κ1) is 13.2. The Balaban J connectivity index is 2.59. The second kappa shape index (κ2) is 4.47. The molecule has 0 saturated carbocycles. The standard InChI is InChI=1S/C15H22O3/c1-9-10(2)14-12(11(3)13(9)17-5)6-7-15(4,8-16)18-14/h16H,6-8H2,1-5H3/t15-/m0/s1. The smallest absolute Gasteiger partial charge is 0.129 e. The molecule has 0 aromatic heterocycles. The van der Waals surface area contributed by atoms with Crippen LogP contribution in [-0.2, 0) is 6.42 Å². The fourth-order valence-electron chi connectivity index (χ4n) is 2.70. The number of aliphatic hydroxyl groups excluding tert-OH is 1. The van der Waals surface area contributed by atoms with Crippen LogP contribution in [0.1, 0.15) is 35.6 Å². The third kappa shape index (κ3) is 1.87. The van der Waals surface area contributed by atoms with Gasteiger partial charge in [-0.15, -0.1) is 0 Å². The number of ether oxygens (including phenoxy) is 2. The molecule has 3 heteroatoms. The predicted molar refractivity (Wildman–Crippen MR) is 71.6 cm³/mol. The maximum Gasteiger partial charge on any atom is 0.129 e. The quantitative estimate of drug-likeness (QED) is 0.877. The number of hydrogen-bond donors (Lipinski definition) is 1. The first-order chi connectivity index (χ1) is 8.43. The Morgan fingerprint density at radius 3 is 2.44 bits per heavy atom. The highest BCUT2D eigenvalue weighted by atomic mass is 16.5. The van der Waals surface area contributed by atoms with Crippen LogP contribution >= 0.6 is 0 Å². The van der Waals surface area contributed by atoms with Gasteiger partial charge in [0.05, 0.1) is 13.7 Å². The van der Waals surface area contributed by atoms with Crippen LogP contribution in [0.15, 0.2) is 0 Å². The second-order valence-corrected chi connectivity index (χ2v) is 5.43. The molecule has 0 amide bonds. The van der Waals surface area contributed by atoms with Crippen LogP contribution < -0.4 is 9.47 Å². The van der Waals surface area contributed by atoms with Gasteiger partial charge in [-0.1, -0.05) is 0 Å². The Morgan fingerprint density at radius 2 is 1.89 bits per heavy atom. The average Bonchev–Trinajstić information content (AvgIpc) is 2.37. The highest BCUT2D eigenvalue weighted by molar-refractivity contribution is 5.58. The van der Waals surface area contributed by atoms with Crippen molar-refractivity contribution >= 4 is 0 Å². The summed E-state index contributed by atoms with van der Waals surface area (Å²) in [7, 11) is 1.71. The van der Waals surface area contributed by atoms with Crippen molar-refractivity contribution in [2.24, 2.45) is 0 Å². The van der Waals surface area contributed by atoms with Crippen LogP contribution in [0.5, 0.6) is 11.5 Å². The average molecular weight is 250 g/mol. The molecule has 1 aliphatic heterocycles. The lowest BCUT2D eigenvalue weighted by Crippen LogP contribution is -2.40. The summed E-state index contributed by atoms with van der Waals surface area (Å²) in [4.78, 5) is 0. The first-order valence-electron chi connectivity index (χ1n) is 6.40. The van der Waals surface area contributed by atoms with Crippen LogP contribution in [0.3, 0.4) is 0 Å². The molecule has 1 N–H and O–H groups in total. The summed E-state index contributed by atoms with van der Waals surface area (Å²) in [5.74, 6) is 1.90. The van der Waals surface area contributed by atoms with Crippen molar-refractivity contribution in [1.82, 2.24) is 0 Å². The number of hydrogen-bond acceptors (Lipinski definition) is 3. The lowest BCUT2D eigenvalue weighted by molar-refractivity contribution is 0.00720. The Bertz CT molecular complexity index is 479. The Morgan fingerprint density at radius 1 is 1.22 bits per heavy atom. The number of methoxy groups -OCH3 is 1. The van der Waals surface area contributed by atoms with E-state index in [9.17, 15) is 5.11 Å². The molecule has 1 aromatic carbocycles. The molecule has 2 rings (SSSR count). The van der Waals surface area contributed by atoms with E-state index in [0.29, 0.717) is 0 Å². The van der Waals surface area contributed by atoms with E-state index in [1.54, 1.807) is 7.11 Å². The van der Waals surface area contributed by atoms with E-state index < -0.39 is 5.60 Å². The van der Waals surface area contributed by atoms with Gasteiger partial charge >= 0.3 is 0 Å². The van der Waals surface area contributed by atoms with Crippen LogP contribution in [0.4, 0.5) is 0 Å². The van der Waals surface area contributed by atoms with E-state index in [1.807, 2.05) is 6.92 Å². The molecule has 1 atom stereocenters. The molecular weight excluding hydrogens is 228 g/mol. The lowest BCUT2D eigenvalue weighted by atomic mass is 9.87. The minimum atomic E-state index is -0.453. The number of benzene rings is 1. The molecule has 100 valence electrons. The zero-order chi connectivity index (χ0) is 13.5. The second-order valence-electron chi connectivity index (χ2n) is 5.43. The molecule has 0 radical (unpaired) electrons. The van der Waals surface area contributed by atoms with E-state index in [4.69, 9.17) is 9.47 Å². The number of fused-ring (bicyclic) bond motifs is 1. The van der Waals surface area contributed by atoms with Gasteiger partial charge in [0.1, 0.15) is 17.1 Å². The van der Waals surface area contributed by atoms with E-state index in [1.165, 1.54) is 5.56 Å². The van der Waals surface area contributed by atoms with Gasteiger partial charge in [-0.2, -0.15) is 0 Å². The number of rotatable bonds is 2. The lowest BCUT2D eigenvalue weighted by Gasteiger charge is -2.36. The first-order valence-corrected chi connectivity index (χ1v) is 6.40. The maximum absolute atomic E-state index is 9.46. The van der Waals surface area contributed by atoms with E-state index in [0.717, 1.165) is 41.0 Å². The fourth-order valence-corrected chi connectivity index (χ4v) is 2.70. The van der Waals surface area contributed by atoms with Crippen molar-refractivity contribution in [1.29, 1.82) is 0 Å². The van der Waals surface area contributed by atoms with Crippen molar-refractivity contribution in [3.05, 3.63) is 22.3 Å². The van der Waals surface area contributed by atoms with Gasteiger partial charge in [-0.3, -0.25) is 0 Å². The molecule has 1 aromatic rings. The molecule has 1 aliphatic rings. The normalized spacial score (nSPS) is 22.3. The van der Waals surface area contributed by atoms with Crippen molar-refractivity contribution in [2.45, 2.75) is 46.1 Å². The molecule has 1 heterocycles. The zero-order valence-corrected chi connectivity index (χ0v) is 11.9. The SMILES string of the molecule is COc1c(C)c(C)c2c(c1C)CC[C@@](C)(CO)O2. The molecule has 0 unspecified atom stereocenters. The highest BCUT2D eigenvalue weighted by Crippen LogP contribution is 2.43. The van der Waals surface area contributed by atoms with Gasteiger partial charge in [0.25, 0.3) is 0 Å². The van der Waals surface area contributed by atoms with Crippen LogP contribution in [-0.4, -0.2) is 24.4 Å². The summed E-state index contributed by atoms with van der Waals surface area (Å²) in [5.41, 5.74) is 4.17. The summed E-state index contributed by atoms with van der Waals surface area (Å²) in [6.07, 6.45) is 1.76. The predicted octanol–water partition coefficient (Wildman–Crippen LogP) is 2.70. The van der Waals surface area contributed by atoms with E-state index in [2.05, 4.69) is 20.8 Å². The van der Waals surface area contributed by atoms with Crippen molar-refractivity contribution in [3.8, 4) is 11.5 Å². The molecule has 0 fully saturated rings. The van der Waals surface area contributed by atoms with Crippen molar-refractivity contribution in [2.75, 3.05) is 13.7 Å². The molecule has 0 aliphatic carbocycles. The van der Waals surface area contributed by atoms with Crippen LogP contribution in [0.2, 0.25) is 0 Å². The summed E-state index contributed by atoms with van der Waals surface area (Å²) in [5, 5.41) is 9.46. The van der Waals surface area contributed by atoms with Crippen LogP contribution in [0, 0.1) is 20.8 Å². The van der Waals surface area contributed by atoms with Gasteiger partial charge in [-0.25, -0.2) is 0 Å². The monoisotopic (exact) mass is 250 g/mol. The third-order valence-corrected chi connectivity index (χ3v) is 4.10. The zero-order valence-electron chi connectivity index (χ0n) is 11.9. The van der Waals surface area contributed by atoms with E-state index >= 15 is 0 Å². The molecule has 18 heavy (non-hydrogen) atoms. The number of aliphatic hydroxyl groups is 1. The minimum Gasteiger partial charge on any atom is -0.496 e. The fraction of sp³-hybridized carbons (Fsp3) is 0.600. The van der Waals surface area contributed by atoms with Gasteiger partial charge < -0.3 is 14.6 Å². The van der Waals surface area contributed by atoms with Crippen molar-refractivity contribution in [3.63, 3.8) is 0 Å². The Hall–Kier alpha value is -1.22. The summed E-state index contributed by atoms with van der Waals surface area (Å²) in [6.45, 7) is 8.20. The van der Waals surface area contributed by atoms with Crippen molar-refractivity contribution < 1.29 is 14.6 Å². The van der Waals surface area contributed by atoms with Gasteiger partial charge in [0.2, 0.25) is 0 Å². The topological polar surface area (TPSA) is 38.7 Å². The maximum atomic E-state index is 9.46. The third-order valence-electron chi connectivity index (χ3n) is 4.10. The molecule has 0 bridgehead atoms. The molecule has 0 spiro atoms. The summed E-state index contributed by atoms with van der Waals surface area (Å²) < 4.78 is 11.6. The summed E-state index contributed by atoms with van der Waals surface area (Å²) >= 11 is 0. The minimum absolute atomic E-state index is 0.0516. The van der Waals surface area contributed by atoms with Gasteiger partial charge in [0, 0.05) is 5.56 Å². The van der Waals surface area contributed by atoms with Gasteiger partial charge in [0.15, 0.2) is 0 Å². The van der Waals surface area contributed by atoms with E-state index in [-0.39, 0.29) is 6.61 Å². The summed E-state index contributed by atoms with van der Waals surface area (Å²) in [6, 6.07) is 0. The molecular formula is C15H22O3. The molecule has 0 saturated heterocycles. The largest absolute Gasteiger partial charge is 0.496 e.